The molecule has 0 aliphatic rings. The third-order valence-corrected chi connectivity index (χ3v) is 15.4. The number of carbonyl (C=O) groups excluding carboxylic acids is 3. The van der Waals surface area contributed by atoms with Crippen LogP contribution in [-0.2, 0) is 40.4 Å². The number of unbranched alkanes of at least 4 members (excludes halogenated alkanes) is 1. The highest BCUT2D eigenvalue weighted by atomic mass is 16.6. The molecule has 0 bridgehead atoms. The quantitative estimate of drug-likeness (QED) is 0.0145. The van der Waals surface area contributed by atoms with Crippen molar-refractivity contribution in [3.05, 3.63) is 219 Å². The number of nitro groups is 1. The van der Waals surface area contributed by atoms with E-state index in [2.05, 4.69) is 140 Å². The molecule has 472 valence electrons. The summed E-state index contributed by atoms with van der Waals surface area (Å²) in [6.07, 6.45) is 12.5. The molecule has 0 fully saturated rings. The lowest BCUT2D eigenvalue weighted by molar-refractivity contribution is -0.384. The second kappa shape index (κ2) is 35.0. The van der Waals surface area contributed by atoms with E-state index < -0.39 is 28.8 Å². The van der Waals surface area contributed by atoms with Crippen LogP contribution in [0.3, 0.4) is 0 Å². The molecule has 8 rings (SSSR count). The number of hydrogen-bond donors (Lipinski definition) is 3. The molecule has 0 saturated carbocycles. The van der Waals surface area contributed by atoms with Crippen LogP contribution in [0.2, 0.25) is 0 Å². The van der Waals surface area contributed by atoms with E-state index in [1.165, 1.54) is 29.8 Å². The molecule has 2 heterocycles. The first-order valence-corrected chi connectivity index (χ1v) is 31.3. The molecule has 3 amide bonds. The van der Waals surface area contributed by atoms with Crippen molar-refractivity contribution in [3.63, 3.8) is 0 Å². The molecule has 2 aromatic heterocycles. The molecule has 0 unspecified atom stereocenters. The number of carbonyl (C=O) groups is 3. The summed E-state index contributed by atoms with van der Waals surface area (Å²) in [5, 5.41) is 37.4. The molecule has 91 heavy (non-hydrogen) atoms. The highest BCUT2D eigenvalue weighted by molar-refractivity contribution is 5.92. The fourth-order valence-electron chi connectivity index (χ4n) is 10.3. The summed E-state index contributed by atoms with van der Waals surface area (Å²) >= 11 is 0. The van der Waals surface area contributed by atoms with Crippen molar-refractivity contribution in [1.29, 1.82) is 0 Å². The van der Waals surface area contributed by atoms with Crippen molar-refractivity contribution in [2.45, 2.75) is 98.4 Å². The summed E-state index contributed by atoms with van der Waals surface area (Å²) in [5.41, 5.74) is 10.1. The number of anilines is 3. The maximum absolute atomic E-state index is 14.5. The fraction of sp³-hybridized carbons (Fsp3) is 0.310. The predicted molar refractivity (Wildman–Crippen MR) is 361 cm³/mol. The van der Waals surface area contributed by atoms with Crippen LogP contribution in [0.4, 0.5) is 34.1 Å². The molecule has 0 spiro atoms. The van der Waals surface area contributed by atoms with Crippen molar-refractivity contribution >= 4 is 76.1 Å². The van der Waals surface area contributed by atoms with E-state index in [4.69, 9.17) is 14.7 Å². The molecular weight excluding hydrogens is 1140 g/mol. The van der Waals surface area contributed by atoms with Crippen LogP contribution < -0.4 is 35.4 Å². The molecular formula is C71H82N14O6. The van der Waals surface area contributed by atoms with Crippen LogP contribution >= 0.6 is 0 Å². The van der Waals surface area contributed by atoms with Gasteiger partial charge in [0.15, 0.2) is 0 Å². The van der Waals surface area contributed by atoms with Gasteiger partial charge in [0.2, 0.25) is 17.7 Å². The average molecular weight is 1230 g/mol. The van der Waals surface area contributed by atoms with Crippen molar-refractivity contribution < 1.29 is 24.0 Å². The Labute approximate surface area is 533 Å². The normalized spacial score (nSPS) is 12.0. The highest BCUT2D eigenvalue weighted by Gasteiger charge is 2.28. The fourth-order valence-corrected chi connectivity index (χ4v) is 10.3. The first kappa shape index (κ1) is 66.6. The summed E-state index contributed by atoms with van der Waals surface area (Å²) in [7, 11) is 0. The summed E-state index contributed by atoms with van der Waals surface area (Å²) in [6.45, 7) is 15.8. The van der Waals surface area contributed by atoms with E-state index in [0.29, 0.717) is 48.0 Å². The second-order valence-corrected chi connectivity index (χ2v) is 21.7. The van der Waals surface area contributed by atoms with Gasteiger partial charge in [-0.25, -0.2) is 0 Å². The van der Waals surface area contributed by atoms with E-state index in [9.17, 15) is 24.5 Å². The molecule has 20 nitrogen and oxygen atoms in total. The number of nitro benzene ring substituents is 1. The number of rotatable bonds is 35. The average Bonchev–Trinajstić information content (AvgIpc) is 3.78. The van der Waals surface area contributed by atoms with Gasteiger partial charge in [-0.05, 0) is 161 Å². The van der Waals surface area contributed by atoms with E-state index in [1.54, 1.807) is 10.9 Å². The molecule has 0 aliphatic carbocycles. The van der Waals surface area contributed by atoms with Crippen molar-refractivity contribution in [2.75, 3.05) is 60.5 Å². The number of ether oxygens (including phenoxy) is 1. The van der Waals surface area contributed by atoms with Gasteiger partial charge in [0.1, 0.15) is 24.4 Å². The number of nitrogens with zero attached hydrogens (tertiary/aromatic N) is 11. The van der Waals surface area contributed by atoms with Crippen LogP contribution in [0.5, 0.6) is 6.01 Å². The van der Waals surface area contributed by atoms with E-state index in [0.717, 1.165) is 72.8 Å². The lowest BCUT2D eigenvalue weighted by atomic mass is 10.0. The number of amides is 3. The smallest absolute Gasteiger partial charge is 0.317 e. The van der Waals surface area contributed by atoms with Gasteiger partial charge in [-0.15, -0.1) is 5.10 Å². The first-order chi connectivity index (χ1) is 44.4. The van der Waals surface area contributed by atoms with Gasteiger partial charge in [0.25, 0.3) is 5.69 Å². The number of azo groups is 1. The number of non-ortho nitro benzene ring substituents is 1. The Hall–Kier alpha value is -10.4. The molecule has 0 aliphatic heterocycles. The van der Waals surface area contributed by atoms with E-state index >= 15 is 0 Å². The summed E-state index contributed by atoms with van der Waals surface area (Å²) in [6, 6.07) is 49.7. The maximum Gasteiger partial charge on any atom is 0.317 e. The Bertz CT molecular complexity index is 3570. The molecule has 2 atom stereocenters. The van der Waals surface area contributed by atoms with Crippen LogP contribution in [0.15, 0.2) is 180 Å². The zero-order valence-electron chi connectivity index (χ0n) is 52.6. The van der Waals surface area contributed by atoms with Gasteiger partial charge in [0.05, 0.1) is 33.9 Å². The van der Waals surface area contributed by atoms with Crippen LogP contribution in [0.25, 0.3) is 24.3 Å². The number of aryl methyl sites for hydroxylation is 2. The lowest BCUT2D eigenvalue weighted by Crippen LogP contribution is -2.55. The van der Waals surface area contributed by atoms with Crippen LogP contribution in [0.1, 0.15) is 99.6 Å². The Morgan fingerprint density at radius 3 is 1.69 bits per heavy atom. The minimum Gasteiger partial charge on any atom is -0.457 e. The molecule has 20 heteroatoms. The monoisotopic (exact) mass is 1230 g/mol. The number of hydrogen-bond acceptors (Lipinski definition) is 15. The third kappa shape index (κ3) is 21.2. The van der Waals surface area contributed by atoms with Gasteiger partial charge in [0, 0.05) is 94.4 Å². The minimum atomic E-state index is -1.04. The summed E-state index contributed by atoms with van der Waals surface area (Å²) in [4.78, 5) is 69.3. The van der Waals surface area contributed by atoms with Crippen LogP contribution in [0, 0.1) is 10.1 Å². The Balaban J connectivity index is 0.957. The maximum atomic E-state index is 14.5. The van der Waals surface area contributed by atoms with Gasteiger partial charge >= 0.3 is 6.01 Å². The van der Waals surface area contributed by atoms with Gasteiger partial charge < -0.3 is 35.4 Å². The van der Waals surface area contributed by atoms with Gasteiger partial charge in [-0.1, -0.05) is 102 Å². The topological polar surface area (TPSA) is 231 Å². The van der Waals surface area contributed by atoms with Crippen molar-refractivity contribution in [3.8, 4) is 6.01 Å². The van der Waals surface area contributed by atoms with Crippen molar-refractivity contribution in [1.82, 2.24) is 40.9 Å². The number of benzene rings is 6. The SMILES string of the molecule is CCN(CC)c1ccc(/C=C/c2cc(/C=C/c3ccc(N(CC)CC)cc3)nc(OCc3cn(CC[C@H](NC(=O)[C@H](Cc4ccccc4)NC(=O)CCCCc4ccccc4)C(=O)NCCN(CC)c4ccc(N=Nc5ccc([N+](=O)[O-])cc5)cc4)nn3)n2)cc1. The van der Waals surface area contributed by atoms with Crippen LogP contribution in [-0.4, -0.2) is 106 Å². The minimum absolute atomic E-state index is 0.00728. The molecule has 3 N–H and O–H groups in total. The third-order valence-electron chi connectivity index (χ3n) is 15.4. The van der Waals surface area contributed by atoms with Crippen molar-refractivity contribution in [2.24, 2.45) is 10.2 Å². The molecule has 6 aromatic carbocycles. The number of aromatic nitrogens is 5. The number of likely N-dealkylation sites (N-methyl/N-ethyl adjacent to an activating group) is 1. The zero-order valence-corrected chi connectivity index (χ0v) is 52.6. The lowest BCUT2D eigenvalue weighted by Gasteiger charge is -2.25. The Morgan fingerprint density at radius 2 is 1.14 bits per heavy atom. The second-order valence-electron chi connectivity index (χ2n) is 21.7. The largest absolute Gasteiger partial charge is 0.457 e. The Kier molecular flexibility index (Phi) is 25.6. The predicted octanol–water partition coefficient (Wildman–Crippen LogP) is 12.7. The summed E-state index contributed by atoms with van der Waals surface area (Å²) < 4.78 is 7.84. The van der Waals surface area contributed by atoms with Gasteiger partial charge in [-0.2, -0.15) is 20.2 Å². The van der Waals surface area contributed by atoms with Gasteiger partial charge in [-0.3, -0.25) is 29.2 Å². The Morgan fingerprint density at radius 1 is 0.615 bits per heavy atom. The summed E-state index contributed by atoms with van der Waals surface area (Å²) in [5.74, 6) is -1.16. The number of nitrogens with one attached hydrogen (secondary N) is 3. The van der Waals surface area contributed by atoms with E-state index in [1.807, 2.05) is 110 Å². The first-order valence-electron chi connectivity index (χ1n) is 31.3. The molecule has 8 aromatic rings. The standard InChI is InChI=1S/C71H82N14O6/c1-6-81(7-2)62-37-27-54(28-38-62)25-31-59-50-60(32-26-55-29-39-63(40-30-55)82(8-3)9-4)74-71(73-59)91-52-61-51-84(80-79-61)47-45-66(76-70(88)67(49-56-22-15-12-16-23-56)75-68(86)24-18-17-21-53-19-13-11-14-20-53)69(87)72-46-48-83(10-5)64-41-33-57(34-42-64)77-78-58-35-43-65(44-36-58)85(89)90/h11-16,19-20,22-23,25-44,50-51,66-67H,6-10,17-18,21,24,45-49,52H2,1-5H3,(H,72,87)(H,75,86)(H,76,88)/b31-25+,32-26+,78-77?/t66-,67-/m0/s1. The molecule has 0 saturated heterocycles. The highest BCUT2D eigenvalue weighted by Crippen LogP contribution is 2.25. The molecule has 0 radical (unpaired) electrons. The zero-order chi connectivity index (χ0) is 64.2. The van der Waals surface area contributed by atoms with E-state index in [-0.39, 0.29) is 56.6 Å².